The molecule has 25 heavy (non-hydrogen) atoms. The summed E-state index contributed by atoms with van der Waals surface area (Å²) < 4.78 is 11.0. The van der Waals surface area contributed by atoms with Crippen molar-refractivity contribution in [3.05, 3.63) is 24.0 Å². The molecule has 2 saturated heterocycles. The van der Waals surface area contributed by atoms with E-state index in [4.69, 9.17) is 9.47 Å². The maximum absolute atomic E-state index is 12.2. The number of H-pyrrole nitrogens is 1. The first kappa shape index (κ1) is 19.9. The molecule has 2 unspecified atom stereocenters. The van der Waals surface area contributed by atoms with Gasteiger partial charge in [-0.05, 0) is 31.0 Å². The Hall–Kier alpha value is -1.38. The van der Waals surface area contributed by atoms with E-state index in [0.29, 0.717) is 19.8 Å². The van der Waals surface area contributed by atoms with Crippen LogP contribution in [0.1, 0.15) is 24.8 Å². The van der Waals surface area contributed by atoms with Gasteiger partial charge in [0.2, 0.25) is 5.91 Å². The fourth-order valence-electron chi connectivity index (χ4n) is 3.02. The van der Waals surface area contributed by atoms with Gasteiger partial charge >= 0.3 is 0 Å². The number of nitrogens with zero attached hydrogens (tertiary/aromatic N) is 1. The predicted molar refractivity (Wildman–Crippen MR) is 99.8 cm³/mol. The number of aromatic amines is 1. The number of anilines is 1. The molecule has 0 spiro atoms. The summed E-state index contributed by atoms with van der Waals surface area (Å²) in [5.74, 6) is 0.784. The molecule has 0 saturated carbocycles. The minimum atomic E-state index is -0.302. The molecule has 1 aromatic carbocycles. The van der Waals surface area contributed by atoms with Crippen LogP contribution in [0.25, 0.3) is 11.0 Å². The molecule has 2 aliphatic heterocycles. The number of benzene rings is 1. The topological polar surface area (TPSA) is 88.3 Å². The number of amides is 1. The Bertz CT molecular complexity index is 712. The minimum Gasteiger partial charge on any atom is -0.378 e. The number of hydrogen-bond acceptors (Lipinski definition) is 5. The normalized spacial score (nSPS) is 22.9. The number of morpholine rings is 1. The van der Waals surface area contributed by atoms with Crippen LogP contribution in [0, 0.1) is 0 Å². The molecule has 138 valence electrons. The SMILES string of the molecule is Cl.Cl.O=C(Nc1ccc2nc(C3CCCO3)[nH]c2c1)C1COCCN1. The van der Waals surface area contributed by atoms with Crippen molar-refractivity contribution in [3.63, 3.8) is 0 Å². The van der Waals surface area contributed by atoms with Crippen LogP contribution in [0.4, 0.5) is 5.69 Å². The number of carbonyl (C=O) groups is 1. The third kappa shape index (κ3) is 4.43. The molecule has 2 fully saturated rings. The van der Waals surface area contributed by atoms with Crippen LogP contribution in [0.5, 0.6) is 0 Å². The van der Waals surface area contributed by atoms with Crippen LogP contribution < -0.4 is 10.6 Å². The first-order valence-electron chi connectivity index (χ1n) is 8.03. The lowest BCUT2D eigenvalue weighted by atomic mass is 10.2. The van der Waals surface area contributed by atoms with E-state index in [9.17, 15) is 4.79 Å². The number of ether oxygens (including phenoxy) is 2. The second-order valence-corrected chi connectivity index (χ2v) is 5.93. The fourth-order valence-corrected chi connectivity index (χ4v) is 3.02. The van der Waals surface area contributed by atoms with Gasteiger partial charge in [0.05, 0.1) is 24.2 Å². The number of nitrogens with one attached hydrogen (secondary N) is 3. The summed E-state index contributed by atoms with van der Waals surface area (Å²) in [5, 5.41) is 6.07. The summed E-state index contributed by atoms with van der Waals surface area (Å²) in [5.41, 5.74) is 2.53. The summed E-state index contributed by atoms with van der Waals surface area (Å²) in [7, 11) is 0. The molecule has 7 nitrogen and oxygen atoms in total. The van der Waals surface area contributed by atoms with Crippen molar-refractivity contribution in [1.82, 2.24) is 15.3 Å². The zero-order valence-electron chi connectivity index (χ0n) is 13.6. The number of aromatic nitrogens is 2. The standard InChI is InChI=1S/C16H20N4O3.2ClH/c21-16(13-9-22-7-5-17-13)18-10-3-4-11-12(8-10)20-15(19-11)14-2-1-6-23-14;;/h3-4,8,13-14,17H,1-2,5-7,9H2,(H,18,21)(H,19,20);2*1H. The molecule has 9 heteroatoms. The summed E-state index contributed by atoms with van der Waals surface area (Å²) >= 11 is 0. The number of hydrogen-bond donors (Lipinski definition) is 3. The van der Waals surface area contributed by atoms with E-state index in [1.165, 1.54) is 0 Å². The van der Waals surface area contributed by atoms with Gasteiger partial charge in [0.25, 0.3) is 0 Å². The van der Waals surface area contributed by atoms with E-state index in [-0.39, 0.29) is 42.9 Å². The molecular formula is C16H22Cl2N4O3. The highest BCUT2D eigenvalue weighted by molar-refractivity contribution is 5.96. The Balaban J connectivity index is 0.00000113. The predicted octanol–water partition coefficient (Wildman–Crippen LogP) is 2.18. The second-order valence-electron chi connectivity index (χ2n) is 5.93. The van der Waals surface area contributed by atoms with Gasteiger partial charge in [-0.2, -0.15) is 0 Å². The molecular weight excluding hydrogens is 367 g/mol. The minimum absolute atomic E-state index is 0. The van der Waals surface area contributed by atoms with Crippen LogP contribution in [-0.2, 0) is 14.3 Å². The summed E-state index contributed by atoms with van der Waals surface area (Å²) in [6, 6.07) is 5.38. The van der Waals surface area contributed by atoms with Crippen molar-refractivity contribution < 1.29 is 14.3 Å². The molecule has 2 aromatic rings. The third-order valence-corrected chi connectivity index (χ3v) is 4.24. The van der Waals surface area contributed by atoms with Gasteiger partial charge in [-0.25, -0.2) is 4.98 Å². The summed E-state index contributed by atoms with van der Waals surface area (Å²) in [6.07, 6.45) is 2.13. The fraction of sp³-hybridized carbons (Fsp3) is 0.500. The van der Waals surface area contributed by atoms with E-state index in [1.807, 2.05) is 18.2 Å². The quantitative estimate of drug-likeness (QED) is 0.749. The summed E-state index contributed by atoms with van der Waals surface area (Å²) in [6.45, 7) is 2.54. The molecule has 0 aliphatic carbocycles. The van der Waals surface area contributed by atoms with Crippen molar-refractivity contribution in [1.29, 1.82) is 0 Å². The average molecular weight is 389 g/mol. The van der Waals surface area contributed by atoms with Crippen LogP contribution in [0.3, 0.4) is 0 Å². The van der Waals surface area contributed by atoms with E-state index < -0.39 is 0 Å². The second kappa shape index (κ2) is 8.82. The molecule has 1 amide bonds. The highest BCUT2D eigenvalue weighted by Crippen LogP contribution is 2.28. The maximum atomic E-state index is 12.2. The van der Waals surface area contributed by atoms with Crippen molar-refractivity contribution in [3.8, 4) is 0 Å². The molecule has 4 rings (SSSR count). The number of fused-ring (bicyclic) bond motifs is 1. The van der Waals surface area contributed by atoms with E-state index in [0.717, 1.165) is 42.0 Å². The number of carbonyl (C=O) groups excluding carboxylic acids is 1. The van der Waals surface area contributed by atoms with Gasteiger partial charge in [0, 0.05) is 18.8 Å². The van der Waals surface area contributed by atoms with Crippen molar-refractivity contribution in [2.45, 2.75) is 25.0 Å². The lowest BCUT2D eigenvalue weighted by molar-refractivity contribution is -0.120. The van der Waals surface area contributed by atoms with E-state index in [2.05, 4.69) is 20.6 Å². The number of halogens is 2. The third-order valence-electron chi connectivity index (χ3n) is 4.24. The Labute approximate surface area is 158 Å². The largest absolute Gasteiger partial charge is 0.378 e. The van der Waals surface area contributed by atoms with Crippen LogP contribution >= 0.6 is 24.8 Å². The van der Waals surface area contributed by atoms with E-state index in [1.54, 1.807) is 0 Å². The first-order chi connectivity index (χ1) is 11.3. The Kier molecular flexibility index (Phi) is 7.04. The molecule has 2 aliphatic rings. The van der Waals surface area contributed by atoms with Crippen LogP contribution in [0.15, 0.2) is 18.2 Å². The number of imidazole rings is 1. The van der Waals surface area contributed by atoms with Gasteiger partial charge < -0.3 is 25.1 Å². The molecule has 2 atom stereocenters. The first-order valence-corrected chi connectivity index (χ1v) is 8.03. The Morgan fingerprint density at radius 3 is 2.88 bits per heavy atom. The molecule has 1 aromatic heterocycles. The van der Waals surface area contributed by atoms with E-state index >= 15 is 0 Å². The molecule has 0 radical (unpaired) electrons. The maximum Gasteiger partial charge on any atom is 0.243 e. The lowest BCUT2D eigenvalue weighted by Gasteiger charge is -2.22. The van der Waals surface area contributed by atoms with Gasteiger partial charge in [-0.1, -0.05) is 0 Å². The van der Waals surface area contributed by atoms with Gasteiger partial charge in [-0.15, -0.1) is 24.8 Å². The molecule has 0 bridgehead atoms. The van der Waals surface area contributed by atoms with Crippen LogP contribution in [0.2, 0.25) is 0 Å². The smallest absolute Gasteiger partial charge is 0.243 e. The van der Waals surface area contributed by atoms with Crippen molar-refractivity contribution in [2.75, 3.05) is 31.7 Å². The van der Waals surface area contributed by atoms with Crippen molar-refractivity contribution >= 4 is 47.4 Å². The highest BCUT2D eigenvalue weighted by Gasteiger charge is 2.22. The molecule has 3 N–H and O–H groups in total. The van der Waals surface area contributed by atoms with Crippen molar-refractivity contribution in [2.24, 2.45) is 0 Å². The Morgan fingerprint density at radius 1 is 1.28 bits per heavy atom. The monoisotopic (exact) mass is 388 g/mol. The van der Waals surface area contributed by atoms with Crippen LogP contribution in [-0.4, -0.2) is 48.3 Å². The molecule has 3 heterocycles. The summed E-state index contributed by atoms with van der Waals surface area (Å²) in [4.78, 5) is 20.1. The zero-order valence-corrected chi connectivity index (χ0v) is 15.3. The lowest BCUT2D eigenvalue weighted by Crippen LogP contribution is -2.48. The highest BCUT2D eigenvalue weighted by atomic mass is 35.5. The average Bonchev–Trinajstić information content (AvgIpc) is 3.24. The van der Waals surface area contributed by atoms with Gasteiger partial charge in [0.1, 0.15) is 18.0 Å². The van der Waals surface area contributed by atoms with Gasteiger partial charge in [-0.3, -0.25) is 4.79 Å². The zero-order chi connectivity index (χ0) is 15.6. The Morgan fingerprint density at radius 2 is 2.16 bits per heavy atom. The number of rotatable bonds is 3. The van der Waals surface area contributed by atoms with Gasteiger partial charge in [0.15, 0.2) is 0 Å².